The maximum absolute atomic E-state index is 13.8. The van der Waals surface area contributed by atoms with Crippen LogP contribution >= 0.6 is 11.3 Å². The van der Waals surface area contributed by atoms with Gasteiger partial charge >= 0.3 is 5.97 Å². The van der Waals surface area contributed by atoms with E-state index in [1.165, 1.54) is 17.4 Å². The van der Waals surface area contributed by atoms with Crippen LogP contribution in [0.2, 0.25) is 0 Å². The fraction of sp³-hybridized carbons (Fsp3) is 0.421. The summed E-state index contributed by atoms with van der Waals surface area (Å²) in [5, 5.41) is 6.43. The van der Waals surface area contributed by atoms with Gasteiger partial charge in [0.25, 0.3) is 0 Å². The average molecular weight is 393 g/mol. The number of nitrogens with one attached hydrogen (secondary N) is 1. The zero-order chi connectivity index (χ0) is 19.6. The minimum atomic E-state index is -0.396. The van der Waals surface area contributed by atoms with E-state index >= 15 is 0 Å². The van der Waals surface area contributed by atoms with Crippen LogP contribution in [0.5, 0.6) is 5.75 Å². The lowest BCUT2D eigenvalue weighted by molar-refractivity contribution is -0.142. The summed E-state index contributed by atoms with van der Waals surface area (Å²) in [5.74, 6) is 0.00106. The smallest absolute Gasteiger partial charge is 0.311 e. The Morgan fingerprint density at radius 1 is 1.44 bits per heavy atom. The van der Waals surface area contributed by atoms with Crippen molar-refractivity contribution < 1.29 is 18.7 Å². The van der Waals surface area contributed by atoms with Gasteiger partial charge in [-0.15, -0.1) is 11.3 Å². The summed E-state index contributed by atoms with van der Waals surface area (Å²) in [6.45, 7) is 6.75. The first kappa shape index (κ1) is 20.8. The van der Waals surface area contributed by atoms with Crippen molar-refractivity contribution in [3.05, 3.63) is 40.7 Å². The van der Waals surface area contributed by atoms with Crippen LogP contribution in [-0.2, 0) is 16.0 Å². The van der Waals surface area contributed by atoms with Crippen molar-refractivity contribution in [3.8, 4) is 5.75 Å². The number of benzene rings is 1. The molecule has 27 heavy (non-hydrogen) atoms. The highest BCUT2D eigenvalue weighted by molar-refractivity contribution is 7.13. The maximum Gasteiger partial charge on any atom is 0.311 e. The lowest BCUT2D eigenvalue weighted by atomic mass is 10.1. The van der Waals surface area contributed by atoms with E-state index in [4.69, 9.17) is 9.47 Å². The van der Waals surface area contributed by atoms with Crippen molar-refractivity contribution in [3.63, 3.8) is 0 Å². The van der Waals surface area contributed by atoms with Crippen LogP contribution in [0.25, 0.3) is 0 Å². The zero-order valence-electron chi connectivity index (χ0n) is 15.7. The summed E-state index contributed by atoms with van der Waals surface area (Å²) < 4.78 is 24.2. The van der Waals surface area contributed by atoms with Gasteiger partial charge in [0.05, 0.1) is 31.5 Å². The summed E-state index contributed by atoms with van der Waals surface area (Å²) in [6, 6.07) is 4.58. The molecule has 6 nitrogen and oxygen atoms in total. The number of rotatable bonds is 10. The Morgan fingerprint density at radius 3 is 3.00 bits per heavy atom. The first-order chi connectivity index (χ1) is 13.0. The van der Waals surface area contributed by atoms with Crippen LogP contribution < -0.4 is 10.2 Å². The average Bonchev–Trinajstić information content (AvgIpc) is 3.04. The molecule has 0 aliphatic rings. The number of hydrazone groups is 1. The monoisotopic (exact) mass is 393 g/mol. The fourth-order valence-corrected chi connectivity index (χ4v) is 2.74. The third kappa shape index (κ3) is 7.34. The van der Waals surface area contributed by atoms with E-state index in [0.29, 0.717) is 35.5 Å². The summed E-state index contributed by atoms with van der Waals surface area (Å²) >= 11 is 1.34. The lowest BCUT2D eigenvalue weighted by Gasteiger charge is -2.09. The van der Waals surface area contributed by atoms with E-state index < -0.39 is 5.82 Å². The number of halogens is 1. The molecule has 0 bridgehead atoms. The van der Waals surface area contributed by atoms with Crippen LogP contribution in [0, 0.1) is 11.7 Å². The number of esters is 1. The molecule has 0 aliphatic carbocycles. The first-order valence-electron chi connectivity index (χ1n) is 8.79. The Bertz CT molecular complexity index is 777. The standard InChI is InChI=1S/C19H24FN3O3S/c1-4-25-18(24)10-15-12-27-19(22-15)23-21-11-14-5-6-16(20)17(9-14)26-8-7-13(2)3/h5-6,9,11-13H,4,7-8,10H2,1-3H3,(H,22,23). The topological polar surface area (TPSA) is 72.8 Å². The third-order valence-electron chi connectivity index (χ3n) is 3.46. The van der Waals surface area contributed by atoms with Crippen molar-refractivity contribution in [2.45, 2.75) is 33.6 Å². The van der Waals surface area contributed by atoms with Gasteiger partial charge in [-0.1, -0.05) is 19.9 Å². The van der Waals surface area contributed by atoms with E-state index in [1.54, 1.807) is 30.7 Å². The van der Waals surface area contributed by atoms with Gasteiger partial charge in [0.15, 0.2) is 11.6 Å². The second-order valence-electron chi connectivity index (χ2n) is 6.22. The third-order valence-corrected chi connectivity index (χ3v) is 4.26. The number of aromatic nitrogens is 1. The van der Waals surface area contributed by atoms with Crippen molar-refractivity contribution in [1.29, 1.82) is 0 Å². The zero-order valence-corrected chi connectivity index (χ0v) is 16.5. The molecule has 0 saturated heterocycles. The highest BCUT2D eigenvalue weighted by Gasteiger charge is 2.08. The van der Waals surface area contributed by atoms with Gasteiger partial charge in [0.1, 0.15) is 0 Å². The SMILES string of the molecule is CCOC(=O)Cc1csc(NN=Cc2ccc(F)c(OCCC(C)C)c2)n1. The molecular formula is C19H24FN3O3S. The maximum atomic E-state index is 13.8. The lowest BCUT2D eigenvalue weighted by Crippen LogP contribution is -2.07. The van der Waals surface area contributed by atoms with E-state index in [0.717, 1.165) is 6.42 Å². The van der Waals surface area contributed by atoms with Crippen LogP contribution in [0.15, 0.2) is 28.7 Å². The molecule has 0 radical (unpaired) electrons. The summed E-state index contributed by atoms with van der Waals surface area (Å²) in [7, 11) is 0. The van der Waals surface area contributed by atoms with Gasteiger partial charge in [-0.2, -0.15) is 5.10 Å². The fourth-order valence-electron chi connectivity index (χ4n) is 2.08. The van der Waals surface area contributed by atoms with Gasteiger partial charge in [-0.05, 0) is 37.0 Å². The molecule has 2 rings (SSSR count). The molecule has 2 aromatic rings. The Labute approximate surface area is 162 Å². The number of nitrogens with zero attached hydrogens (tertiary/aromatic N) is 2. The Kier molecular flexibility index (Phi) is 8.19. The van der Waals surface area contributed by atoms with Crippen molar-refractivity contribution >= 4 is 28.7 Å². The van der Waals surface area contributed by atoms with Gasteiger partial charge in [-0.3, -0.25) is 10.2 Å². The number of carbonyl (C=O) groups is 1. The normalized spacial score (nSPS) is 11.1. The Morgan fingerprint density at radius 2 is 2.26 bits per heavy atom. The van der Waals surface area contributed by atoms with E-state index in [1.807, 2.05) is 0 Å². The number of hydrogen-bond donors (Lipinski definition) is 1. The van der Waals surface area contributed by atoms with Crippen molar-refractivity contribution in [2.24, 2.45) is 11.0 Å². The number of thiazole rings is 1. The van der Waals surface area contributed by atoms with Gasteiger partial charge in [-0.25, -0.2) is 9.37 Å². The molecule has 1 heterocycles. The number of anilines is 1. The predicted molar refractivity (Wildman–Crippen MR) is 105 cm³/mol. The Balaban J connectivity index is 1.90. The molecular weight excluding hydrogens is 369 g/mol. The van der Waals surface area contributed by atoms with Crippen LogP contribution in [0.3, 0.4) is 0 Å². The van der Waals surface area contributed by atoms with Crippen molar-refractivity contribution in [1.82, 2.24) is 4.98 Å². The van der Waals surface area contributed by atoms with Crippen molar-refractivity contribution in [2.75, 3.05) is 18.6 Å². The molecule has 1 aromatic carbocycles. The molecule has 0 aliphatic heterocycles. The van der Waals surface area contributed by atoms with Crippen LogP contribution in [-0.4, -0.2) is 30.4 Å². The van der Waals surface area contributed by atoms with E-state index in [-0.39, 0.29) is 18.1 Å². The first-order valence-corrected chi connectivity index (χ1v) is 9.67. The highest BCUT2D eigenvalue weighted by atomic mass is 32.1. The van der Waals surface area contributed by atoms with Crippen LogP contribution in [0.1, 0.15) is 38.4 Å². The van der Waals surface area contributed by atoms with Crippen LogP contribution in [0.4, 0.5) is 9.52 Å². The minimum Gasteiger partial charge on any atom is -0.490 e. The summed E-state index contributed by atoms with van der Waals surface area (Å²) in [5.41, 5.74) is 4.13. The predicted octanol–water partition coefficient (Wildman–Crippen LogP) is 4.26. The molecule has 0 spiro atoms. The second kappa shape index (κ2) is 10.6. The number of hydrogen-bond acceptors (Lipinski definition) is 7. The molecule has 1 N–H and O–H groups in total. The molecule has 8 heteroatoms. The molecule has 0 unspecified atom stereocenters. The largest absolute Gasteiger partial charge is 0.490 e. The molecule has 0 atom stereocenters. The van der Waals surface area contributed by atoms with E-state index in [9.17, 15) is 9.18 Å². The quantitative estimate of drug-likeness (QED) is 0.371. The number of carbonyl (C=O) groups excluding carboxylic acids is 1. The van der Waals surface area contributed by atoms with E-state index in [2.05, 4.69) is 29.4 Å². The molecule has 0 amide bonds. The highest BCUT2D eigenvalue weighted by Crippen LogP contribution is 2.19. The van der Waals surface area contributed by atoms with Gasteiger partial charge in [0.2, 0.25) is 5.13 Å². The second-order valence-corrected chi connectivity index (χ2v) is 7.07. The van der Waals surface area contributed by atoms with Gasteiger partial charge in [0, 0.05) is 5.38 Å². The molecule has 0 saturated carbocycles. The van der Waals surface area contributed by atoms with Gasteiger partial charge < -0.3 is 9.47 Å². The minimum absolute atomic E-state index is 0.130. The summed E-state index contributed by atoms with van der Waals surface area (Å²) in [4.78, 5) is 15.7. The molecule has 1 aromatic heterocycles. The summed E-state index contributed by atoms with van der Waals surface area (Å²) in [6.07, 6.45) is 2.55. The molecule has 146 valence electrons. The Hall–Kier alpha value is -2.48. The number of ether oxygens (including phenoxy) is 2. The molecule has 0 fully saturated rings.